The van der Waals surface area contributed by atoms with Gasteiger partial charge in [0.05, 0.1) is 6.42 Å². The number of carboxylic acid groups (broad SMARTS) is 1. The Bertz CT molecular complexity index is 960. The van der Waals surface area contributed by atoms with Crippen molar-refractivity contribution in [3.63, 3.8) is 0 Å². The number of amides is 2. The van der Waals surface area contributed by atoms with Gasteiger partial charge in [-0.2, -0.15) is 0 Å². The highest BCUT2D eigenvalue weighted by Gasteiger charge is 2.29. The van der Waals surface area contributed by atoms with Crippen molar-refractivity contribution >= 4 is 18.0 Å². The monoisotopic (exact) mass is 452 g/mol. The summed E-state index contributed by atoms with van der Waals surface area (Å²) in [6.07, 6.45) is -0.0201. The van der Waals surface area contributed by atoms with Crippen molar-refractivity contribution in [1.82, 2.24) is 10.2 Å². The number of benzene rings is 2. The third kappa shape index (κ3) is 5.72. The number of fused-ring (bicyclic) bond motifs is 3. The summed E-state index contributed by atoms with van der Waals surface area (Å²) >= 11 is 0. The van der Waals surface area contributed by atoms with E-state index in [9.17, 15) is 14.4 Å². The van der Waals surface area contributed by atoms with E-state index in [2.05, 4.69) is 29.6 Å². The number of carboxylic acids is 1. The quantitative estimate of drug-likeness (QED) is 0.557. The number of rotatable bonds is 10. The van der Waals surface area contributed by atoms with Crippen LogP contribution in [-0.2, 0) is 14.3 Å². The summed E-state index contributed by atoms with van der Waals surface area (Å²) in [4.78, 5) is 37.8. The van der Waals surface area contributed by atoms with Gasteiger partial charge in [0.2, 0.25) is 5.91 Å². The number of nitrogens with one attached hydrogen (secondary N) is 1. The van der Waals surface area contributed by atoms with Crippen LogP contribution in [0.2, 0.25) is 0 Å². The van der Waals surface area contributed by atoms with Gasteiger partial charge in [-0.05, 0) is 42.5 Å². The van der Waals surface area contributed by atoms with E-state index in [-0.39, 0.29) is 37.3 Å². The first kappa shape index (κ1) is 24.3. The lowest BCUT2D eigenvalue weighted by molar-refractivity contribution is -0.140. The van der Waals surface area contributed by atoms with Crippen LogP contribution >= 0.6 is 0 Å². The second-order valence-corrected chi connectivity index (χ2v) is 8.41. The molecule has 2 atom stereocenters. The Morgan fingerprint density at radius 1 is 1.00 bits per heavy atom. The van der Waals surface area contributed by atoms with Crippen molar-refractivity contribution in [3.05, 3.63) is 59.7 Å². The Hall–Kier alpha value is -3.35. The van der Waals surface area contributed by atoms with Crippen molar-refractivity contribution in [2.75, 3.05) is 13.2 Å². The van der Waals surface area contributed by atoms with Gasteiger partial charge in [-0.3, -0.25) is 9.59 Å². The average Bonchev–Trinajstić information content (AvgIpc) is 3.11. The number of ether oxygens (including phenoxy) is 1. The summed E-state index contributed by atoms with van der Waals surface area (Å²) < 4.78 is 5.59. The number of carbonyl (C=O) groups excluding carboxylic acids is 2. The SMILES string of the molecule is CC[C@@H](CC(=O)N(CC)C(C)CC(=O)O)NC(=O)OCC1c2ccccc2-c2ccccc21. The fourth-order valence-corrected chi connectivity index (χ4v) is 4.53. The van der Waals surface area contributed by atoms with E-state index in [0.29, 0.717) is 13.0 Å². The first-order valence-corrected chi connectivity index (χ1v) is 11.5. The molecular formula is C26H32N2O5. The van der Waals surface area contributed by atoms with Gasteiger partial charge in [-0.1, -0.05) is 55.5 Å². The first-order valence-electron chi connectivity index (χ1n) is 11.5. The lowest BCUT2D eigenvalue weighted by Crippen LogP contribution is -2.44. The second kappa shape index (κ2) is 11.0. The number of alkyl carbamates (subject to hydrolysis) is 1. The van der Waals surface area contributed by atoms with Crippen LogP contribution in [0.1, 0.15) is 57.1 Å². The Morgan fingerprint density at radius 2 is 1.58 bits per heavy atom. The lowest BCUT2D eigenvalue weighted by Gasteiger charge is -2.29. The van der Waals surface area contributed by atoms with E-state index in [1.807, 2.05) is 38.1 Å². The Balaban J connectivity index is 1.59. The van der Waals surface area contributed by atoms with Crippen LogP contribution in [0.15, 0.2) is 48.5 Å². The molecule has 0 aliphatic heterocycles. The molecule has 0 spiro atoms. The van der Waals surface area contributed by atoms with Gasteiger partial charge in [0.1, 0.15) is 6.61 Å². The molecule has 7 nitrogen and oxygen atoms in total. The Labute approximate surface area is 194 Å². The van der Waals surface area contributed by atoms with E-state index in [1.54, 1.807) is 6.92 Å². The van der Waals surface area contributed by atoms with Crippen LogP contribution in [0.3, 0.4) is 0 Å². The maximum Gasteiger partial charge on any atom is 0.407 e. The molecule has 0 saturated carbocycles. The molecule has 0 fully saturated rings. The zero-order chi connectivity index (χ0) is 24.0. The minimum absolute atomic E-state index is 0.0303. The van der Waals surface area contributed by atoms with Gasteiger partial charge in [0.15, 0.2) is 0 Å². The summed E-state index contributed by atoms with van der Waals surface area (Å²) in [7, 11) is 0. The van der Waals surface area contributed by atoms with Gasteiger partial charge in [-0.15, -0.1) is 0 Å². The predicted molar refractivity (Wildman–Crippen MR) is 126 cm³/mol. The largest absolute Gasteiger partial charge is 0.481 e. The number of nitrogens with zero attached hydrogens (tertiary/aromatic N) is 1. The first-order chi connectivity index (χ1) is 15.8. The van der Waals surface area contributed by atoms with Crippen molar-refractivity contribution in [2.45, 2.75) is 58.0 Å². The van der Waals surface area contributed by atoms with Crippen LogP contribution in [0.4, 0.5) is 4.79 Å². The molecule has 1 unspecified atom stereocenters. The molecule has 2 aromatic rings. The van der Waals surface area contributed by atoms with E-state index < -0.39 is 18.1 Å². The molecule has 2 amide bonds. The van der Waals surface area contributed by atoms with Crippen LogP contribution in [0.5, 0.6) is 0 Å². The topological polar surface area (TPSA) is 95.9 Å². The molecule has 2 N–H and O–H groups in total. The summed E-state index contributed by atoms with van der Waals surface area (Å²) in [6.45, 7) is 6.04. The molecule has 3 rings (SSSR count). The van der Waals surface area contributed by atoms with E-state index in [1.165, 1.54) is 4.90 Å². The normalized spacial score (nSPS) is 14.0. The molecule has 0 heterocycles. The zero-order valence-electron chi connectivity index (χ0n) is 19.4. The highest BCUT2D eigenvalue weighted by molar-refractivity contribution is 5.80. The maximum absolute atomic E-state index is 12.7. The molecule has 0 bridgehead atoms. The summed E-state index contributed by atoms with van der Waals surface area (Å²) in [5.41, 5.74) is 4.60. The molecule has 0 radical (unpaired) electrons. The lowest BCUT2D eigenvalue weighted by atomic mass is 9.98. The van der Waals surface area contributed by atoms with Crippen LogP contribution in [0.25, 0.3) is 11.1 Å². The second-order valence-electron chi connectivity index (χ2n) is 8.41. The predicted octanol–water partition coefficient (Wildman–Crippen LogP) is 4.41. The minimum Gasteiger partial charge on any atom is -0.481 e. The van der Waals surface area contributed by atoms with Gasteiger partial charge in [0, 0.05) is 31.0 Å². The molecule has 176 valence electrons. The molecule has 7 heteroatoms. The summed E-state index contributed by atoms with van der Waals surface area (Å²) in [6, 6.07) is 15.5. The van der Waals surface area contributed by atoms with Crippen LogP contribution in [0, 0.1) is 0 Å². The Morgan fingerprint density at radius 3 is 2.09 bits per heavy atom. The maximum atomic E-state index is 12.7. The molecule has 0 aromatic heterocycles. The van der Waals surface area contributed by atoms with E-state index in [0.717, 1.165) is 22.3 Å². The Kier molecular flexibility index (Phi) is 8.09. The molecule has 2 aromatic carbocycles. The van der Waals surface area contributed by atoms with Crippen molar-refractivity contribution in [2.24, 2.45) is 0 Å². The number of hydrogen-bond donors (Lipinski definition) is 2. The molecule has 33 heavy (non-hydrogen) atoms. The van der Waals surface area contributed by atoms with Crippen molar-refractivity contribution in [1.29, 1.82) is 0 Å². The number of aliphatic carboxylic acids is 1. The zero-order valence-corrected chi connectivity index (χ0v) is 19.4. The van der Waals surface area contributed by atoms with Crippen LogP contribution in [-0.4, -0.2) is 53.2 Å². The molecule has 0 saturated heterocycles. The average molecular weight is 453 g/mol. The standard InChI is InChI=1S/C26H32N2O5/c1-4-18(15-24(29)28(5-2)17(3)14-25(30)31)27-26(32)33-16-23-21-12-8-6-10-19(21)20-11-7-9-13-22(20)23/h6-13,17-18,23H,4-5,14-16H2,1-3H3,(H,27,32)(H,30,31)/t17?,18-/m0/s1. The smallest absolute Gasteiger partial charge is 0.407 e. The van der Waals surface area contributed by atoms with Gasteiger partial charge in [0.25, 0.3) is 0 Å². The van der Waals surface area contributed by atoms with Crippen molar-refractivity contribution in [3.8, 4) is 11.1 Å². The fraction of sp³-hybridized carbons (Fsp3) is 0.423. The molecular weight excluding hydrogens is 420 g/mol. The third-order valence-corrected chi connectivity index (χ3v) is 6.24. The number of carbonyl (C=O) groups is 3. The third-order valence-electron chi connectivity index (χ3n) is 6.24. The van der Waals surface area contributed by atoms with Gasteiger partial charge < -0.3 is 20.1 Å². The highest BCUT2D eigenvalue weighted by Crippen LogP contribution is 2.44. The molecule has 1 aliphatic carbocycles. The van der Waals surface area contributed by atoms with Crippen LogP contribution < -0.4 is 5.32 Å². The van der Waals surface area contributed by atoms with Gasteiger partial charge in [-0.25, -0.2) is 4.79 Å². The number of hydrogen-bond acceptors (Lipinski definition) is 4. The van der Waals surface area contributed by atoms with Gasteiger partial charge >= 0.3 is 12.1 Å². The highest BCUT2D eigenvalue weighted by atomic mass is 16.5. The van der Waals surface area contributed by atoms with E-state index in [4.69, 9.17) is 9.84 Å². The fourth-order valence-electron chi connectivity index (χ4n) is 4.53. The molecule has 1 aliphatic rings. The summed E-state index contributed by atoms with van der Waals surface area (Å²) in [5.74, 6) is -1.16. The van der Waals surface area contributed by atoms with E-state index >= 15 is 0 Å². The van der Waals surface area contributed by atoms with Crippen molar-refractivity contribution < 1.29 is 24.2 Å². The summed E-state index contributed by atoms with van der Waals surface area (Å²) in [5, 5.41) is 11.8. The minimum atomic E-state index is -0.947.